The van der Waals surface area contributed by atoms with Crippen molar-refractivity contribution in [3.05, 3.63) is 83.4 Å². The molecule has 3 aromatic rings. The highest BCUT2D eigenvalue weighted by Crippen LogP contribution is 2.52. The van der Waals surface area contributed by atoms with Gasteiger partial charge in [0.2, 0.25) is 5.91 Å². The molecule has 1 aliphatic carbocycles. The summed E-state index contributed by atoms with van der Waals surface area (Å²) >= 11 is 7.89. The number of fused-ring (bicyclic) bond motifs is 3. The van der Waals surface area contributed by atoms with E-state index in [4.69, 9.17) is 11.6 Å². The zero-order chi connectivity index (χ0) is 20.2. The number of hydrogen-bond acceptors (Lipinski definition) is 3. The molecule has 1 heterocycles. The Labute approximate surface area is 178 Å². The van der Waals surface area contributed by atoms with Crippen molar-refractivity contribution in [1.29, 1.82) is 0 Å². The molecule has 2 atom stereocenters. The number of benzene rings is 3. The van der Waals surface area contributed by atoms with Gasteiger partial charge in [-0.25, -0.2) is 0 Å². The van der Waals surface area contributed by atoms with Crippen LogP contribution in [0.2, 0.25) is 5.02 Å². The molecule has 1 spiro atoms. The van der Waals surface area contributed by atoms with E-state index in [1.165, 1.54) is 5.39 Å². The smallest absolute Gasteiger partial charge is 0.242 e. The maximum Gasteiger partial charge on any atom is 0.242 e. The Bertz CT molecular complexity index is 1200. The minimum Gasteiger partial charge on any atom is -0.314 e. The number of carbonyl (C=O) groups is 2. The number of carbonyl (C=O) groups excluding carboxylic acids is 2. The van der Waals surface area contributed by atoms with Gasteiger partial charge in [0.1, 0.15) is 5.41 Å². The van der Waals surface area contributed by atoms with Crippen LogP contribution in [0, 0.1) is 0 Å². The molecule has 0 fully saturated rings. The average molecular weight is 420 g/mol. The fraction of sp³-hybridized carbons (Fsp3) is 0.167. The molecule has 2 unspecified atom stereocenters. The van der Waals surface area contributed by atoms with E-state index < -0.39 is 5.41 Å². The van der Waals surface area contributed by atoms with Gasteiger partial charge in [0.15, 0.2) is 5.78 Å². The van der Waals surface area contributed by atoms with E-state index in [1.54, 1.807) is 41.9 Å². The molecule has 0 radical (unpaired) electrons. The third kappa shape index (κ3) is 2.82. The zero-order valence-corrected chi connectivity index (χ0v) is 17.3. The van der Waals surface area contributed by atoms with Gasteiger partial charge in [-0.05, 0) is 52.7 Å². The lowest BCUT2D eigenvalue weighted by atomic mass is 9.73. The van der Waals surface area contributed by atoms with Crippen molar-refractivity contribution in [1.82, 2.24) is 0 Å². The molecular weight excluding hydrogens is 402 g/mol. The number of hydrogen-bond donors (Lipinski definition) is 0. The summed E-state index contributed by atoms with van der Waals surface area (Å²) in [6, 6.07) is 20.0. The highest BCUT2D eigenvalue weighted by Gasteiger charge is 2.55. The number of ketones is 1. The molecule has 2 aliphatic rings. The van der Waals surface area contributed by atoms with Gasteiger partial charge < -0.3 is 4.90 Å². The molecule has 29 heavy (non-hydrogen) atoms. The normalized spacial score (nSPS) is 23.2. The standard InChI is InChI=1S/C24H18ClNO2S/c1-26-21-9-7-17(25)13-20(21)24(23(26)28)11-10-18(27)14-22(24)29-19-8-6-15-4-2-3-5-16(15)12-19/h2-13,22H,14H2,1H3. The molecule has 5 rings (SSSR count). The van der Waals surface area contributed by atoms with Crippen LogP contribution in [-0.4, -0.2) is 24.0 Å². The molecule has 1 aliphatic heterocycles. The number of amides is 1. The lowest BCUT2D eigenvalue weighted by molar-refractivity contribution is -0.122. The molecule has 3 aromatic carbocycles. The van der Waals surface area contributed by atoms with Crippen LogP contribution in [0.3, 0.4) is 0 Å². The first kappa shape index (κ1) is 18.5. The molecule has 0 saturated carbocycles. The lowest BCUT2D eigenvalue weighted by Gasteiger charge is -2.35. The Morgan fingerprint density at radius 1 is 1.03 bits per heavy atom. The topological polar surface area (TPSA) is 37.4 Å². The maximum absolute atomic E-state index is 13.5. The molecule has 144 valence electrons. The van der Waals surface area contributed by atoms with E-state index in [0.29, 0.717) is 11.4 Å². The van der Waals surface area contributed by atoms with E-state index in [2.05, 4.69) is 30.3 Å². The summed E-state index contributed by atoms with van der Waals surface area (Å²) in [5.41, 5.74) is 0.834. The summed E-state index contributed by atoms with van der Waals surface area (Å²) in [5, 5.41) is 2.66. The maximum atomic E-state index is 13.5. The van der Waals surface area contributed by atoms with Crippen molar-refractivity contribution in [2.24, 2.45) is 0 Å². The van der Waals surface area contributed by atoms with Crippen LogP contribution in [0.4, 0.5) is 5.69 Å². The largest absolute Gasteiger partial charge is 0.314 e. The fourth-order valence-corrected chi connectivity index (χ4v) is 5.97. The van der Waals surface area contributed by atoms with Gasteiger partial charge in [0.25, 0.3) is 0 Å². The Hall–Kier alpha value is -2.56. The number of halogens is 1. The quantitative estimate of drug-likeness (QED) is 0.558. The monoisotopic (exact) mass is 419 g/mol. The van der Waals surface area contributed by atoms with Gasteiger partial charge in [-0.1, -0.05) is 48.0 Å². The SMILES string of the molecule is CN1C(=O)C2(C=CC(=O)CC2Sc2ccc3ccccc3c2)c2cc(Cl)ccc21. The summed E-state index contributed by atoms with van der Waals surface area (Å²) in [6.07, 6.45) is 3.65. The summed E-state index contributed by atoms with van der Waals surface area (Å²) in [5.74, 6) is 0.0247. The van der Waals surface area contributed by atoms with Gasteiger partial charge in [-0.3, -0.25) is 9.59 Å². The average Bonchev–Trinajstić information content (AvgIpc) is 2.92. The van der Waals surface area contributed by atoms with Gasteiger partial charge in [0.05, 0.1) is 0 Å². The summed E-state index contributed by atoms with van der Waals surface area (Å²) in [6.45, 7) is 0. The van der Waals surface area contributed by atoms with E-state index in [9.17, 15) is 9.59 Å². The predicted molar refractivity (Wildman–Crippen MR) is 119 cm³/mol. The van der Waals surface area contributed by atoms with E-state index >= 15 is 0 Å². The number of nitrogens with zero attached hydrogens (tertiary/aromatic N) is 1. The second kappa shape index (κ2) is 6.75. The second-order valence-electron chi connectivity index (χ2n) is 7.51. The van der Waals surface area contributed by atoms with Gasteiger partial charge in [0, 0.05) is 34.3 Å². The molecule has 1 amide bonds. The summed E-state index contributed by atoms with van der Waals surface area (Å²) < 4.78 is 0. The van der Waals surface area contributed by atoms with Crippen LogP contribution in [0.5, 0.6) is 0 Å². The number of rotatable bonds is 2. The van der Waals surface area contributed by atoms with Crippen molar-refractivity contribution in [2.45, 2.75) is 22.0 Å². The molecule has 0 aromatic heterocycles. The lowest BCUT2D eigenvalue weighted by Crippen LogP contribution is -2.47. The molecular formula is C24H18ClNO2S. The first-order chi connectivity index (χ1) is 14.0. The Kier molecular flexibility index (Phi) is 4.30. The first-order valence-corrected chi connectivity index (χ1v) is 10.7. The summed E-state index contributed by atoms with van der Waals surface area (Å²) in [7, 11) is 1.78. The third-order valence-corrected chi connectivity index (χ3v) is 7.43. The van der Waals surface area contributed by atoms with E-state index in [0.717, 1.165) is 21.5 Å². The summed E-state index contributed by atoms with van der Waals surface area (Å²) in [4.78, 5) is 28.5. The van der Waals surface area contributed by atoms with Crippen molar-refractivity contribution in [2.75, 3.05) is 11.9 Å². The minimum absolute atomic E-state index is 0.0168. The van der Waals surface area contributed by atoms with Crippen LogP contribution in [0.1, 0.15) is 12.0 Å². The Balaban J connectivity index is 1.63. The van der Waals surface area contributed by atoms with Crippen LogP contribution in [0.15, 0.2) is 77.7 Å². The Morgan fingerprint density at radius 2 is 1.83 bits per heavy atom. The molecule has 0 bridgehead atoms. The van der Waals surface area contributed by atoms with E-state index in [1.807, 2.05) is 24.3 Å². The fourth-order valence-electron chi connectivity index (χ4n) is 4.39. The van der Waals surface area contributed by atoms with Gasteiger partial charge >= 0.3 is 0 Å². The molecule has 5 heteroatoms. The highest BCUT2D eigenvalue weighted by atomic mass is 35.5. The molecule has 3 nitrogen and oxygen atoms in total. The van der Waals surface area contributed by atoms with Gasteiger partial charge in [-0.15, -0.1) is 11.8 Å². The number of likely N-dealkylation sites (N-methyl/N-ethyl adjacent to an activating group) is 1. The first-order valence-electron chi connectivity index (χ1n) is 9.45. The minimum atomic E-state index is -0.890. The van der Waals surface area contributed by atoms with Crippen LogP contribution in [0.25, 0.3) is 10.8 Å². The molecule has 0 saturated heterocycles. The van der Waals surface area contributed by atoms with Gasteiger partial charge in [-0.2, -0.15) is 0 Å². The van der Waals surface area contributed by atoms with Crippen LogP contribution < -0.4 is 4.90 Å². The molecule has 0 N–H and O–H groups in total. The number of thioether (sulfide) groups is 1. The van der Waals surface area contributed by atoms with Crippen molar-refractivity contribution in [3.63, 3.8) is 0 Å². The highest BCUT2D eigenvalue weighted by molar-refractivity contribution is 8.00. The number of allylic oxidation sites excluding steroid dienone is 1. The van der Waals surface area contributed by atoms with E-state index in [-0.39, 0.29) is 16.9 Å². The Morgan fingerprint density at radius 3 is 2.66 bits per heavy atom. The second-order valence-corrected chi connectivity index (χ2v) is 9.23. The van der Waals surface area contributed by atoms with Crippen LogP contribution >= 0.6 is 23.4 Å². The van der Waals surface area contributed by atoms with Crippen LogP contribution in [-0.2, 0) is 15.0 Å². The third-order valence-electron chi connectivity index (χ3n) is 5.85. The predicted octanol–water partition coefficient (Wildman–Crippen LogP) is 5.40. The van der Waals surface area contributed by atoms with Crippen molar-refractivity contribution in [3.8, 4) is 0 Å². The van der Waals surface area contributed by atoms with Crippen molar-refractivity contribution >= 4 is 51.5 Å². The van der Waals surface area contributed by atoms with Crippen molar-refractivity contribution < 1.29 is 9.59 Å². The number of anilines is 1. The zero-order valence-electron chi connectivity index (χ0n) is 15.8.